The third-order valence-electron chi connectivity index (χ3n) is 3.00. The molecule has 0 bridgehead atoms. The first-order valence-corrected chi connectivity index (χ1v) is 7.46. The molecule has 3 amide bonds. The number of nitrogens with zero attached hydrogens (tertiary/aromatic N) is 1. The summed E-state index contributed by atoms with van der Waals surface area (Å²) < 4.78 is 4.90. The summed E-state index contributed by atoms with van der Waals surface area (Å²) in [6.07, 6.45) is 1.77. The van der Waals surface area contributed by atoms with E-state index >= 15 is 0 Å². The molecule has 0 radical (unpaired) electrons. The summed E-state index contributed by atoms with van der Waals surface area (Å²) in [6.45, 7) is 1.98. The van der Waals surface area contributed by atoms with E-state index in [1.165, 1.54) is 0 Å². The fraction of sp³-hybridized carbons (Fsp3) is 0.438. The average molecular weight is 321 g/mol. The second-order valence-corrected chi connectivity index (χ2v) is 5.18. The van der Waals surface area contributed by atoms with E-state index in [4.69, 9.17) is 4.74 Å². The Hall–Kier alpha value is -2.57. The lowest BCUT2D eigenvalue weighted by Crippen LogP contribution is -2.41. The summed E-state index contributed by atoms with van der Waals surface area (Å²) in [5.41, 5.74) is 1.19. The van der Waals surface area contributed by atoms with Crippen LogP contribution in [0.3, 0.4) is 0 Å². The summed E-state index contributed by atoms with van der Waals surface area (Å²) >= 11 is 0. The van der Waals surface area contributed by atoms with Crippen molar-refractivity contribution in [2.24, 2.45) is 0 Å². The molecule has 126 valence electrons. The van der Waals surface area contributed by atoms with Crippen LogP contribution in [0.15, 0.2) is 24.3 Å². The largest absolute Gasteiger partial charge is 0.452 e. The van der Waals surface area contributed by atoms with Gasteiger partial charge in [-0.25, -0.2) is 9.59 Å². The van der Waals surface area contributed by atoms with Crippen molar-refractivity contribution in [3.05, 3.63) is 29.8 Å². The fourth-order valence-electron chi connectivity index (χ4n) is 1.71. The number of imide groups is 1. The van der Waals surface area contributed by atoms with E-state index in [2.05, 4.69) is 10.6 Å². The van der Waals surface area contributed by atoms with Crippen LogP contribution in [0.1, 0.15) is 30.1 Å². The monoisotopic (exact) mass is 321 g/mol. The van der Waals surface area contributed by atoms with Gasteiger partial charge in [0, 0.05) is 26.3 Å². The summed E-state index contributed by atoms with van der Waals surface area (Å²) in [4.78, 5) is 36.7. The highest BCUT2D eigenvalue weighted by atomic mass is 16.5. The van der Waals surface area contributed by atoms with Crippen LogP contribution >= 0.6 is 0 Å². The molecule has 0 heterocycles. The van der Waals surface area contributed by atoms with Gasteiger partial charge in [-0.1, -0.05) is 19.4 Å². The van der Waals surface area contributed by atoms with E-state index in [1.807, 2.05) is 32.0 Å². The SMILES string of the molecule is CCCCNC(=O)NC(=O)COC(=O)c1cccc(N(C)C)c1. The van der Waals surface area contributed by atoms with Crippen LogP contribution in [0.25, 0.3) is 0 Å². The van der Waals surface area contributed by atoms with Gasteiger partial charge >= 0.3 is 12.0 Å². The van der Waals surface area contributed by atoms with Gasteiger partial charge in [0.2, 0.25) is 0 Å². The molecule has 23 heavy (non-hydrogen) atoms. The summed E-state index contributed by atoms with van der Waals surface area (Å²) in [5, 5.41) is 4.64. The summed E-state index contributed by atoms with van der Waals surface area (Å²) in [7, 11) is 3.71. The number of rotatable bonds is 7. The van der Waals surface area contributed by atoms with Gasteiger partial charge < -0.3 is 15.0 Å². The number of ether oxygens (including phenoxy) is 1. The maximum atomic E-state index is 11.9. The molecule has 0 aliphatic carbocycles. The van der Waals surface area contributed by atoms with E-state index in [0.29, 0.717) is 12.1 Å². The smallest absolute Gasteiger partial charge is 0.338 e. The van der Waals surface area contributed by atoms with E-state index in [1.54, 1.807) is 18.2 Å². The van der Waals surface area contributed by atoms with Gasteiger partial charge in [0.15, 0.2) is 6.61 Å². The molecule has 2 N–H and O–H groups in total. The number of hydrogen-bond acceptors (Lipinski definition) is 5. The predicted octanol–water partition coefficient (Wildman–Crippen LogP) is 1.54. The number of esters is 1. The van der Waals surface area contributed by atoms with E-state index in [-0.39, 0.29) is 0 Å². The summed E-state index contributed by atoms with van der Waals surface area (Å²) in [6, 6.07) is 6.26. The minimum absolute atomic E-state index is 0.344. The van der Waals surface area contributed by atoms with Gasteiger partial charge in [-0.2, -0.15) is 0 Å². The lowest BCUT2D eigenvalue weighted by Gasteiger charge is -2.13. The quantitative estimate of drug-likeness (QED) is 0.587. The third-order valence-corrected chi connectivity index (χ3v) is 3.00. The molecule has 0 aliphatic rings. The second-order valence-electron chi connectivity index (χ2n) is 5.18. The van der Waals surface area contributed by atoms with Crippen LogP contribution in [0, 0.1) is 0 Å². The van der Waals surface area contributed by atoms with Gasteiger partial charge in [-0.3, -0.25) is 10.1 Å². The van der Waals surface area contributed by atoms with Crippen LogP contribution < -0.4 is 15.5 Å². The molecule has 0 aromatic heterocycles. The molecule has 0 aliphatic heterocycles. The van der Waals surface area contributed by atoms with Gasteiger partial charge in [-0.15, -0.1) is 0 Å². The Kier molecular flexibility index (Phi) is 7.59. The van der Waals surface area contributed by atoms with Crippen molar-refractivity contribution < 1.29 is 19.1 Å². The van der Waals surface area contributed by atoms with Crippen LogP contribution in [0.4, 0.5) is 10.5 Å². The zero-order valence-electron chi connectivity index (χ0n) is 13.7. The zero-order valence-corrected chi connectivity index (χ0v) is 13.7. The molecule has 0 fully saturated rings. The van der Waals surface area contributed by atoms with Crippen LogP contribution in [-0.2, 0) is 9.53 Å². The first-order chi connectivity index (χ1) is 10.9. The number of carbonyl (C=O) groups excluding carboxylic acids is 3. The van der Waals surface area contributed by atoms with Crippen molar-refractivity contribution in [1.29, 1.82) is 0 Å². The van der Waals surface area contributed by atoms with Gasteiger partial charge in [-0.05, 0) is 24.6 Å². The zero-order chi connectivity index (χ0) is 17.2. The number of nitrogens with one attached hydrogen (secondary N) is 2. The van der Waals surface area contributed by atoms with Crippen molar-refractivity contribution >= 4 is 23.6 Å². The van der Waals surface area contributed by atoms with E-state index in [0.717, 1.165) is 18.5 Å². The number of hydrogen-bond donors (Lipinski definition) is 2. The Morgan fingerprint density at radius 1 is 1.22 bits per heavy atom. The highest BCUT2D eigenvalue weighted by Gasteiger charge is 2.13. The average Bonchev–Trinajstić information content (AvgIpc) is 2.53. The maximum Gasteiger partial charge on any atom is 0.338 e. The van der Waals surface area contributed by atoms with Crippen molar-refractivity contribution in [2.75, 3.05) is 32.1 Å². The maximum absolute atomic E-state index is 11.9. The lowest BCUT2D eigenvalue weighted by molar-refractivity contribution is -0.123. The Morgan fingerprint density at radius 3 is 2.61 bits per heavy atom. The van der Waals surface area contributed by atoms with Crippen molar-refractivity contribution in [3.8, 4) is 0 Å². The standard InChI is InChI=1S/C16H23N3O4/c1-4-5-9-17-16(22)18-14(20)11-23-15(21)12-7-6-8-13(10-12)19(2)3/h6-8,10H,4-5,9,11H2,1-3H3,(H2,17,18,20,22). The number of urea groups is 1. The van der Waals surface area contributed by atoms with Gasteiger partial charge in [0.25, 0.3) is 5.91 Å². The van der Waals surface area contributed by atoms with Crippen molar-refractivity contribution in [3.63, 3.8) is 0 Å². The number of unbranched alkanes of at least 4 members (excludes halogenated alkanes) is 1. The molecule has 1 aromatic carbocycles. The highest BCUT2D eigenvalue weighted by molar-refractivity contribution is 5.97. The Bertz CT molecular complexity index is 558. The van der Waals surface area contributed by atoms with Crippen LogP contribution in [0.5, 0.6) is 0 Å². The highest BCUT2D eigenvalue weighted by Crippen LogP contribution is 2.14. The molecule has 1 aromatic rings. The molecular formula is C16H23N3O4. The Morgan fingerprint density at radius 2 is 1.96 bits per heavy atom. The molecule has 0 spiro atoms. The minimum Gasteiger partial charge on any atom is -0.452 e. The number of carbonyl (C=O) groups is 3. The molecule has 0 saturated heterocycles. The molecule has 0 unspecified atom stereocenters. The Labute approximate surface area is 136 Å². The van der Waals surface area contributed by atoms with E-state index in [9.17, 15) is 14.4 Å². The molecular weight excluding hydrogens is 298 g/mol. The number of anilines is 1. The van der Waals surface area contributed by atoms with Gasteiger partial charge in [0.05, 0.1) is 5.56 Å². The number of amides is 3. The van der Waals surface area contributed by atoms with Crippen LogP contribution in [0.2, 0.25) is 0 Å². The first kappa shape index (κ1) is 18.5. The second kappa shape index (κ2) is 9.45. The fourth-order valence-corrected chi connectivity index (χ4v) is 1.71. The molecule has 7 heteroatoms. The molecule has 0 atom stereocenters. The van der Waals surface area contributed by atoms with E-state index < -0.39 is 24.5 Å². The third kappa shape index (κ3) is 6.82. The lowest BCUT2D eigenvalue weighted by atomic mass is 10.2. The predicted molar refractivity (Wildman–Crippen MR) is 87.5 cm³/mol. The van der Waals surface area contributed by atoms with Crippen molar-refractivity contribution in [2.45, 2.75) is 19.8 Å². The Balaban J connectivity index is 2.42. The topological polar surface area (TPSA) is 87.7 Å². The van der Waals surface area contributed by atoms with Crippen molar-refractivity contribution in [1.82, 2.24) is 10.6 Å². The number of benzene rings is 1. The van der Waals surface area contributed by atoms with Crippen LogP contribution in [-0.4, -0.2) is 45.2 Å². The molecule has 7 nitrogen and oxygen atoms in total. The van der Waals surface area contributed by atoms with Gasteiger partial charge in [0.1, 0.15) is 0 Å². The minimum atomic E-state index is -0.670. The first-order valence-electron chi connectivity index (χ1n) is 7.46. The normalized spacial score (nSPS) is 9.87. The molecule has 1 rings (SSSR count). The molecule has 0 saturated carbocycles. The summed E-state index contributed by atoms with van der Waals surface area (Å²) in [5.74, 6) is -1.29.